The van der Waals surface area contributed by atoms with E-state index in [2.05, 4.69) is 15.7 Å². The molecule has 4 aromatic rings. The number of aromatic nitrogens is 4. The molecule has 2 heterocycles. The van der Waals surface area contributed by atoms with Gasteiger partial charge in [0.05, 0.1) is 10.9 Å². The van der Waals surface area contributed by atoms with Crippen LogP contribution in [-0.2, 0) is 24.4 Å². The summed E-state index contributed by atoms with van der Waals surface area (Å²) in [6.07, 6.45) is 0.647. The molecular formula is C26H30N6O4. The minimum atomic E-state index is -0.563. The van der Waals surface area contributed by atoms with E-state index in [9.17, 15) is 19.2 Å². The molecule has 0 unspecified atom stereocenters. The van der Waals surface area contributed by atoms with Crippen molar-refractivity contribution in [3.05, 3.63) is 80.0 Å². The van der Waals surface area contributed by atoms with Crippen LogP contribution < -0.4 is 21.9 Å². The van der Waals surface area contributed by atoms with Gasteiger partial charge in [-0.25, -0.2) is 13.9 Å². The van der Waals surface area contributed by atoms with Crippen LogP contribution in [0, 0.1) is 6.92 Å². The molecule has 4 rings (SSSR count). The van der Waals surface area contributed by atoms with Gasteiger partial charge in [0.25, 0.3) is 11.5 Å². The van der Waals surface area contributed by atoms with Gasteiger partial charge in [-0.3, -0.25) is 19.0 Å². The van der Waals surface area contributed by atoms with E-state index in [1.165, 1.54) is 15.0 Å². The zero-order valence-corrected chi connectivity index (χ0v) is 20.9. The van der Waals surface area contributed by atoms with E-state index in [0.29, 0.717) is 30.5 Å². The standard InChI is InChI=1S/C26H30N6O4/c1-5-12-30-24(35)20-11-10-19(23(34)28-16(2)3)13-21(20)32-25(30)29-31(26(32)36)15-22(33)27-14-18-8-6-17(4)7-9-18/h6-11,13,16H,5,12,14-15H2,1-4H3,(H,27,33)(H,28,34). The lowest BCUT2D eigenvalue weighted by molar-refractivity contribution is -0.122. The first-order valence-corrected chi connectivity index (χ1v) is 12.0. The fourth-order valence-corrected chi connectivity index (χ4v) is 4.03. The summed E-state index contributed by atoms with van der Waals surface area (Å²) in [6, 6.07) is 12.3. The predicted octanol–water partition coefficient (Wildman–Crippen LogP) is 1.98. The second-order valence-electron chi connectivity index (χ2n) is 9.15. The quantitative estimate of drug-likeness (QED) is 0.391. The maximum atomic E-state index is 13.4. The lowest BCUT2D eigenvalue weighted by Gasteiger charge is -2.11. The average Bonchev–Trinajstić information content (AvgIpc) is 3.16. The van der Waals surface area contributed by atoms with Gasteiger partial charge >= 0.3 is 5.69 Å². The second-order valence-corrected chi connectivity index (χ2v) is 9.15. The van der Waals surface area contributed by atoms with Crippen molar-refractivity contribution in [2.75, 3.05) is 0 Å². The highest BCUT2D eigenvalue weighted by Gasteiger charge is 2.20. The highest BCUT2D eigenvalue weighted by Crippen LogP contribution is 2.15. The Bertz CT molecular complexity index is 1560. The minimum Gasteiger partial charge on any atom is -0.350 e. The first-order valence-electron chi connectivity index (χ1n) is 12.0. The Morgan fingerprint density at radius 2 is 1.78 bits per heavy atom. The van der Waals surface area contributed by atoms with Gasteiger partial charge in [-0.05, 0) is 51.0 Å². The number of hydrogen-bond donors (Lipinski definition) is 2. The Kier molecular flexibility index (Phi) is 7.05. The molecule has 36 heavy (non-hydrogen) atoms. The van der Waals surface area contributed by atoms with Crippen LogP contribution in [0.3, 0.4) is 0 Å². The van der Waals surface area contributed by atoms with Gasteiger partial charge in [0.15, 0.2) is 0 Å². The third-order valence-electron chi connectivity index (χ3n) is 5.81. The fraction of sp³-hybridized carbons (Fsp3) is 0.346. The molecule has 2 aromatic heterocycles. The normalized spacial score (nSPS) is 11.4. The molecule has 0 bridgehead atoms. The summed E-state index contributed by atoms with van der Waals surface area (Å²) < 4.78 is 3.77. The predicted molar refractivity (Wildman–Crippen MR) is 137 cm³/mol. The number of fused-ring (bicyclic) bond motifs is 3. The van der Waals surface area contributed by atoms with Gasteiger partial charge in [0, 0.05) is 24.7 Å². The van der Waals surface area contributed by atoms with Crippen LogP contribution in [0.1, 0.15) is 48.7 Å². The van der Waals surface area contributed by atoms with Crippen molar-refractivity contribution in [3.63, 3.8) is 0 Å². The van der Waals surface area contributed by atoms with E-state index < -0.39 is 5.69 Å². The van der Waals surface area contributed by atoms with Crippen LogP contribution in [0.15, 0.2) is 52.1 Å². The largest absolute Gasteiger partial charge is 0.352 e. The maximum Gasteiger partial charge on any atom is 0.352 e. The molecule has 0 saturated carbocycles. The van der Waals surface area contributed by atoms with Gasteiger partial charge in [0.2, 0.25) is 11.7 Å². The minimum absolute atomic E-state index is 0.0744. The maximum absolute atomic E-state index is 13.4. The SMILES string of the molecule is CCCn1c(=O)c2ccc(C(=O)NC(C)C)cc2n2c(=O)n(CC(=O)NCc3ccc(C)cc3)nc12. The van der Waals surface area contributed by atoms with Crippen LogP contribution in [0.2, 0.25) is 0 Å². The van der Waals surface area contributed by atoms with Crippen molar-refractivity contribution < 1.29 is 9.59 Å². The van der Waals surface area contributed by atoms with Crippen LogP contribution >= 0.6 is 0 Å². The average molecular weight is 491 g/mol. The highest BCUT2D eigenvalue weighted by atomic mass is 16.2. The Hall–Kier alpha value is -4.21. The van der Waals surface area contributed by atoms with Crippen molar-refractivity contribution in [1.29, 1.82) is 0 Å². The first-order chi connectivity index (χ1) is 17.2. The third kappa shape index (κ3) is 4.93. The summed E-state index contributed by atoms with van der Waals surface area (Å²) in [5.74, 6) is -0.562. The molecule has 0 radical (unpaired) electrons. The molecule has 2 N–H and O–H groups in total. The van der Waals surface area contributed by atoms with E-state index in [0.717, 1.165) is 15.8 Å². The second kappa shape index (κ2) is 10.2. The number of nitrogens with zero attached hydrogens (tertiary/aromatic N) is 4. The molecule has 10 heteroatoms. The van der Waals surface area contributed by atoms with Crippen LogP contribution in [0.25, 0.3) is 16.7 Å². The van der Waals surface area contributed by atoms with E-state index in [4.69, 9.17) is 0 Å². The molecule has 0 fully saturated rings. The Morgan fingerprint density at radius 1 is 1.06 bits per heavy atom. The van der Waals surface area contributed by atoms with Gasteiger partial charge < -0.3 is 10.6 Å². The van der Waals surface area contributed by atoms with Crippen molar-refractivity contribution in [2.24, 2.45) is 0 Å². The van der Waals surface area contributed by atoms with Crippen molar-refractivity contribution in [3.8, 4) is 0 Å². The zero-order chi connectivity index (χ0) is 26.0. The summed E-state index contributed by atoms with van der Waals surface area (Å²) in [6.45, 7) is 7.96. The molecule has 2 aromatic carbocycles. The van der Waals surface area contributed by atoms with Crippen molar-refractivity contribution in [2.45, 2.75) is 59.8 Å². The molecule has 0 atom stereocenters. The fourth-order valence-electron chi connectivity index (χ4n) is 4.03. The van der Waals surface area contributed by atoms with Gasteiger partial charge in [-0.1, -0.05) is 36.8 Å². The number of aryl methyl sites for hydroxylation is 2. The molecule has 188 valence electrons. The Balaban J connectivity index is 1.75. The van der Waals surface area contributed by atoms with E-state index in [-0.39, 0.29) is 41.3 Å². The summed E-state index contributed by atoms with van der Waals surface area (Å²) >= 11 is 0. The lowest BCUT2D eigenvalue weighted by atomic mass is 10.1. The summed E-state index contributed by atoms with van der Waals surface area (Å²) in [7, 11) is 0. The number of benzene rings is 2. The van der Waals surface area contributed by atoms with Crippen molar-refractivity contribution in [1.82, 2.24) is 29.4 Å². The van der Waals surface area contributed by atoms with Crippen LogP contribution in [-0.4, -0.2) is 36.6 Å². The number of rotatable bonds is 8. The van der Waals surface area contributed by atoms with Crippen LogP contribution in [0.5, 0.6) is 0 Å². The van der Waals surface area contributed by atoms with E-state index in [1.807, 2.05) is 52.0 Å². The first kappa shape index (κ1) is 24.9. The van der Waals surface area contributed by atoms with Crippen LogP contribution in [0.4, 0.5) is 0 Å². The number of nitrogens with one attached hydrogen (secondary N) is 2. The summed E-state index contributed by atoms with van der Waals surface area (Å²) in [5.41, 5.74) is 1.78. The Morgan fingerprint density at radius 3 is 2.44 bits per heavy atom. The summed E-state index contributed by atoms with van der Waals surface area (Å²) in [4.78, 5) is 51.8. The topological polar surface area (TPSA) is 120 Å². The van der Waals surface area contributed by atoms with E-state index >= 15 is 0 Å². The smallest absolute Gasteiger partial charge is 0.350 e. The Labute approximate surface area is 207 Å². The van der Waals surface area contributed by atoms with E-state index in [1.54, 1.807) is 12.1 Å². The number of amides is 2. The van der Waals surface area contributed by atoms with Gasteiger partial charge in [-0.2, -0.15) is 0 Å². The monoisotopic (exact) mass is 490 g/mol. The molecule has 2 amide bonds. The molecule has 0 aliphatic rings. The number of carbonyl (C=O) groups excluding carboxylic acids is 2. The molecule has 0 saturated heterocycles. The lowest BCUT2D eigenvalue weighted by Crippen LogP contribution is -2.33. The van der Waals surface area contributed by atoms with Gasteiger partial charge in [0.1, 0.15) is 6.54 Å². The molecule has 0 spiro atoms. The molecule has 0 aliphatic carbocycles. The number of carbonyl (C=O) groups is 2. The number of hydrogen-bond acceptors (Lipinski definition) is 5. The van der Waals surface area contributed by atoms with Gasteiger partial charge in [-0.15, -0.1) is 5.10 Å². The van der Waals surface area contributed by atoms with Crippen molar-refractivity contribution >= 4 is 28.5 Å². The molecule has 0 aliphatic heterocycles. The highest BCUT2D eigenvalue weighted by molar-refractivity contribution is 5.98. The third-order valence-corrected chi connectivity index (χ3v) is 5.81. The zero-order valence-electron chi connectivity index (χ0n) is 20.9. The summed E-state index contributed by atoms with van der Waals surface area (Å²) in [5, 5.41) is 10.2. The molecular weight excluding hydrogens is 460 g/mol. The molecule has 10 nitrogen and oxygen atoms in total.